The molecular formula is C68H72BN3S. The Kier molecular flexibility index (Phi) is 9.78. The molecule has 7 aromatic carbocycles. The summed E-state index contributed by atoms with van der Waals surface area (Å²) in [6, 6.07) is 52.7. The van der Waals surface area contributed by atoms with Crippen LogP contribution < -0.4 is 20.0 Å². The van der Waals surface area contributed by atoms with Gasteiger partial charge in [0.05, 0.1) is 5.69 Å². The van der Waals surface area contributed by atoms with Crippen molar-refractivity contribution in [3.63, 3.8) is 0 Å². The van der Waals surface area contributed by atoms with Crippen LogP contribution in [-0.2, 0) is 32.5 Å². The number of thiophene rings is 1. The van der Waals surface area contributed by atoms with Crippen molar-refractivity contribution in [3.8, 4) is 11.1 Å². The van der Waals surface area contributed by atoms with Crippen LogP contribution in [0, 0.1) is 0 Å². The first-order chi connectivity index (χ1) is 34.4. The number of hydrogen-bond acceptors (Lipinski definition) is 3. The van der Waals surface area contributed by atoms with Gasteiger partial charge in [0.15, 0.2) is 0 Å². The largest absolute Gasteiger partial charge is 0.375 e. The van der Waals surface area contributed by atoms with Crippen LogP contribution in [0.5, 0.6) is 0 Å². The average molecular weight is 974 g/mol. The van der Waals surface area contributed by atoms with Crippen molar-refractivity contribution < 1.29 is 0 Å². The third-order valence-electron chi connectivity index (χ3n) is 18.3. The fourth-order valence-corrected chi connectivity index (χ4v) is 15.0. The molecule has 0 radical (unpaired) electrons. The molecule has 2 aliphatic heterocycles. The lowest BCUT2D eigenvalue weighted by Crippen LogP contribution is -2.55. The number of para-hydroxylation sites is 2. The second-order valence-corrected chi connectivity index (χ2v) is 28.3. The summed E-state index contributed by atoms with van der Waals surface area (Å²) in [7, 11) is 0. The monoisotopic (exact) mass is 974 g/mol. The Morgan fingerprint density at radius 2 is 1.05 bits per heavy atom. The fourth-order valence-electron chi connectivity index (χ4n) is 13.7. The van der Waals surface area contributed by atoms with Gasteiger partial charge in [0.25, 0.3) is 0 Å². The maximum absolute atomic E-state index is 2.80. The highest BCUT2D eigenvalue weighted by molar-refractivity contribution is 7.32. The predicted molar refractivity (Wildman–Crippen MR) is 318 cm³/mol. The molecule has 3 nitrogen and oxygen atoms in total. The van der Waals surface area contributed by atoms with Crippen LogP contribution in [0.4, 0.5) is 34.1 Å². The van der Waals surface area contributed by atoms with Crippen LogP contribution in [0.3, 0.4) is 0 Å². The summed E-state index contributed by atoms with van der Waals surface area (Å²) in [5.74, 6) is 0. The van der Waals surface area contributed by atoms with E-state index in [1.165, 1.54) is 123 Å². The van der Waals surface area contributed by atoms with E-state index in [1.54, 1.807) is 0 Å². The molecule has 0 saturated carbocycles. The van der Waals surface area contributed by atoms with Gasteiger partial charge in [0.1, 0.15) is 0 Å². The van der Waals surface area contributed by atoms with Crippen molar-refractivity contribution >= 4 is 94.4 Å². The van der Waals surface area contributed by atoms with Crippen molar-refractivity contribution in [3.05, 3.63) is 167 Å². The van der Waals surface area contributed by atoms with E-state index in [4.69, 9.17) is 0 Å². The van der Waals surface area contributed by atoms with E-state index in [1.807, 2.05) is 0 Å². The maximum Gasteiger partial charge on any atom is 0.343 e. The van der Waals surface area contributed by atoms with Crippen LogP contribution in [0.1, 0.15) is 156 Å². The molecule has 9 aromatic rings. The van der Waals surface area contributed by atoms with Crippen molar-refractivity contribution in [2.45, 2.75) is 155 Å². The zero-order valence-corrected chi connectivity index (χ0v) is 46.7. The Hall–Kier alpha value is -6.04. The molecule has 0 spiro atoms. The lowest BCUT2D eigenvalue weighted by atomic mass is 9.48. The molecule has 0 bridgehead atoms. The third kappa shape index (κ3) is 6.89. The van der Waals surface area contributed by atoms with E-state index in [0.717, 1.165) is 23.5 Å². The van der Waals surface area contributed by atoms with Crippen molar-refractivity contribution in [2.75, 3.05) is 9.80 Å². The SMILES string of the molecule is CC(C)(C)c1ccc2c(c1)c1cc(C(C)(C)C)cc3c1n2B1c2sc4cc5c(cc4c2N(c2ccc4c(c2)C(C)(C)CCC4(C)C)c2cc(N(c4ccccc4)c4ccccc4)cc-3c21)C(C)(C)CCC5(C)C. The number of rotatable bonds is 4. The minimum atomic E-state index is -0.0789. The van der Waals surface area contributed by atoms with Gasteiger partial charge in [-0.2, -0.15) is 0 Å². The van der Waals surface area contributed by atoms with E-state index < -0.39 is 0 Å². The van der Waals surface area contributed by atoms with Gasteiger partial charge >= 0.3 is 6.85 Å². The first-order valence-corrected chi connectivity index (χ1v) is 28.0. The topological polar surface area (TPSA) is 11.4 Å². The zero-order chi connectivity index (χ0) is 51.1. The Morgan fingerprint density at radius 3 is 1.66 bits per heavy atom. The molecule has 73 heavy (non-hydrogen) atoms. The normalized spacial score (nSPS) is 17.9. The molecule has 0 atom stereocenters. The number of hydrogen-bond donors (Lipinski definition) is 0. The third-order valence-corrected chi connectivity index (χ3v) is 19.5. The predicted octanol–water partition coefficient (Wildman–Crippen LogP) is 18.2. The lowest BCUT2D eigenvalue weighted by molar-refractivity contribution is 0.332. The zero-order valence-electron chi connectivity index (χ0n) is 45.9. The summed E-state index contributed by atoms with van der Waals surface area (Å²) in [4.78, 5) is 5.25. The Labute approximate surface area is 439 Å². The van der Waals surface area contributed by atoms with E-state index in [2.05, 4.69) is 256 Å². The standard InChI is InChI=1S/C68H72BN3S/c1-63(2,3)41-25-28-56-47(33-41)49-34-42(64(4,5)6)35-50-48-36-46(70(43-21-17-15-18-22-43)44-23-19-16-20-24-44)38-57-59(48)69(72(56)60(49)50)62-61(51-39-54-55(40-58(51)73-62)68(13,14)32-31-67(54,11)12)71(57)45-26-27-52-53(37-45)66(9,10)30-29-65(52,7)8/h15-28,33-40H,29-32H2,1-14H3. The average Bonchev–Trinajstić information content (AvgIpc) is 3.91. The summed E-state index contributed by atoms with van der Waals surface area (Å²) < 4.78 is 5.62. The van der Waals surface area contributed by atoms with E-state index in [9.17, 15) is 0 Å². The van der Waals surface area contributed by atoms with Crippen LogP contribution in [0.15, 0.2) is 133 Å². The van der Waals surface area contributed by atoms with Gasteiger partial charge in [0.2, 0.25) is 0 Å². The van der Waals surface area contributed by atoms with Gasteiger partial charge < -0.3 is 14.3 Å². The molecule has 4 aliphatic rings. The molecular weight excluding hydrogens is 902 g/mol. The number of anilines is 6. The molecule has 5 heteroatoms. The van der Waals surface area contributed by atoms with Gasteiger partial charge in [0, 0.05) is 70.7 Å². The molecule has 0 saturated heterocycles. The molecule has 4 heterocycles. The summed E-state index contributed by atoms with van der Waals surface area (Å²) in [5.41, 5.74) is 22.9. The fraction of sp³-hybridized carbons (Fsp3) is 0.353. The molecule has 13 rings (SSSR count). The highest BCUT2D eigenvalue weighted by Crippen LogP contribution is 2.56. The highest BCUT2D eigenvalue weighted by atomic mass is 32.1. The van der Waals surface area contributed by atoms with Gasteiger partial charge in [-0.15, -0.1) is 11.3 Å². The van der Waals surface area contributed by atoms with Crippen LogP contribution >= 0.6 is 11.3 Å². The van der Waals surface area contributed by atoms with Gasteiger partial charge in [-0.25, -0.2) is 0 Å². The summed E-state index contributed by atoms with van der Waals surface area (Å²) >= 11 is 2.06. The van der Waals surface area contributed by atoms with E-state index in [-0.39, 0.29) is 39.3 Å². The number of benzene rings is 7. The van der Waals surface area contributed by atoms with Crippen LogP contribution in [0.25, 0.3) is 43.0 Å². The number of aromatic nitrogens is 1. The smallest absolute Gasteiger partial charge is 0.343 e. The van der Waals surface area contributed by atoms with E-state index >= 15 is 0 Å². The second-order valence-electron chi connectivity index (χ2n) is 27.2. The Balaban J connectivity index is 1.23. The quantitative estimate of drug-likeness (QED) is 0.163. The number of nitrogens with zero attached hydrogens (tertiary/aromatic N) is 3. The Morgan fingerprint density at radius 1 is 0.493 bits per heavy atom. The number of fused-ring (bicyclic) bond motifs is 11. The molecule has 0 unspecified atom stereocenters. The first kappa shape index (κ1) is 46.7. The summed E-state index contributed by atoms with van der Waals surface area (Å²) in [6.45, 7) is 34.0. The van der Waals surface area contributed by atoms with Crippen LogP contribution in [0.2, 0.25) is 0 Å². The minimum absolute atomic E-state index is 0.0000619. The van der Waals surface area contributed by atoms with Gasteiger partial charge in [-0.3, -0.25) is 0 Å². The summed E-state index contributed by atoms with van der Waals surface area (Å²) in [6.07, 6.45) is 4.71. The van der Waals surface area contributed by atoms with Crippen molar-refractivity contribution in [2.24, 2.45) is 0 Å². The first-order valence-electron chi connectivity index (χ1n) is 27.2. The molecule has 2 aliphatic carbocycles. The Bertz CT molecular complexity index is 3740. The molecule has 368 valence electrons. The minimum Gasteiger partial charge on any atom is -0.375 e. The lowest BCUT2D eigenvalue weighted by Gasteiger charge is -2.44. The van der Waals surface area contributed by atoms with Gasteiger partial charge in [-0.05, 0) is 188 Å². The molecule has 0 amide bonds. The highest BCUT2D eigenvalue weighted by Gasteiger charge is 2.48. The molecule has 0 N–H and O–H groups in total. The second kappa shape index (κ2) is 15.3. The van der Waals surface area contributed by atoms with Crippen LogP contribution in [-0.4, -0.2) is 11.3 Å². The molecule has 2 aromatic heterocycles. The van der Waals surface area contributed by atoms with E-state index in [0.29, 0.717) is 0 Å². The maximum atomic E-state index is 2.80. The van der Waals surface area contributed by atoms with Crippen molar-refractivity contribution in [1.82, 2.24) is 4.48 Å². The summed E-state index contributed by atoms with van der Waals surface area (Å²) in [5, 5.41) is 4.08. The molecule has 0 fully saturated rings. The van der Waals surface area contributed by atoms with Gasteiger partial charge in [-0.1, -0.05) is 145 Å². The van der Waals surface area contributed by atoms with Crippen molar-refractivity contribution in [1.29, 1.82) is 0 Å².